The first-order valence-corrected chi connectivity index (χ1v) is 6.51. The fourth-order valence-corrected chi connectivity index (χ4v) is 1.69. The predicted octanol–water partition coefficient (Wildman–Crippen LogP) is 3.37. The van der Waals surface area contributed by atoms with Crippen molar-refractivity contribution in [3.8, 4) is 0 Å². The molecule has 5 heteroatoms. The number of amides is 1. The normalized spacial score (nSPS) is 13.6. The van der Waals surface area contributed by atoms with Gasteiger partial charge in [0, 0.05) is 23.9 Å². The highest BCUT2D eigenvalue weighted by molar-refractivity contribution is 5.79. The van der Waals surface area contributed by atoms with Crippen LogP contribution < -0.4 is 5.32 Å². The number of halogens is 2. The summed E-state index contributed by atoms with van der Waals surface area (Å²) >= 11 is 0. The van der Waals surface area contributed by atoms with Crippen LogP contribution in [0.25, 0.3) is 0 Å². The van der Waals surface area contributed by atoms with Gasteiger partial charge in [0.2, 0.25) is 5.91 Å². The van der Waals surface area contributed by atoms with E-state index in [0.29, 0.717) is 6.42 Å². The van der Waals surface area contributed by atoms with Crippen molar-refractivity contribution in [3.05, 3.63) is 24.0 Å². The van der Waals surface area contributed by atoms with Crippen molar-refractivity contribution in [3.63, 3.8) is 0 Å². The summed E-state index contributed by atoms with van der Waals surface area (Å²) in [5.74, 6) is -0.281. The minimum absolute atomic E-state index is 0.0448. The Labute approximate surface area is 113 Å². The molecule has 0 aromatic carbocycles. The van der Waals surface area contributed by atoms with Crippen LogP contribution in [-0.4, -0.2) is 16.0 Å². The first kappa shape index (κ1) is 15.7. The van der Waals surface area contributed by atoms with Crippen molar-refractivity contribution in [2.24, 2.45) is 5.92 Å². The Hall–Kier alpha value is -1.39. The Morgan fingerprint density at radius 3 is 2.58 bits per heavy atom. The van der Waals surface area contributed by atoms with Gasteiger partial charge in [0.15, 0.2) is 0 Å². The number of rotatable bonds is 6. The van der Waals surface area contributed by atoms with Gasteiger partial charge in [-0.05, 0) is 38.3 Å². The minimum Gasteiger partial charge on any atom is -0.351 e. The summed E-state index contributed by atoms with van der Waals surface area (Å²) < 4.78 is 25.7. The molecule has 1 amide bonds. The number of hydrogen-bond acceptors (Lipinski definition) is 1. The summed E-state index contributed by atoms with van der Waals surface area (Å²) in [6, 6.07) is 1.63. The largest absolute Gasteiger partial charge is 0.351 e. The third-order valence-corrected chi connectivity index (χ3v) is 3.34. The molecule has 0 saturated heterocycles. The number of carbonyl (C=O) groups excluding carboxylic acids is 1. The van der Waals surface area contributed by atoms with Crippen LogP contribution in [0.15, 0.2) is 18.5 Å². The summed E-state index contributed by atoms with van der Waals surface area (Å²) in [5.41, 5.74) is 0.512. The number of aromatic nitrogens is 1. The van der Waals surface area contributed by atoms with Gasteiger partial charge in [0.05, 0.1) is 0 Å². The maximum absolute atomic E-state index is 12.4. The molecule has 1 aromatic rings. The first-order chi connectivity index (χ1) is 8.75. The molecule has 0 saturated carbocycles. The molecule has 1 rings (SSSR count). The van der Waals surface area contributed by atoms with E-state index in [2.05, 4.69) is 5.32 Å². The molecule has 0 aliphatic rings. The van der Waals surface area contributed by atoms with E-state index in [-0.39, 0.29) is 17.4 Å². The molecule has 108 valence electrons. The zero-order chi connectivity index (χ0) is 14.6. The molecular weight excluding hydrogens is 250 g/mol. The lowest BCUT2D eigenvalue weighted by Crippen LogP contribution is -2.45. The van der Waals surface area contributed by atoms with Crippen LogP contribution in [0, 0.1) is 5.92 Å². The number of nitrogens with zero attached hydrogens (tertiary/aromatic N) is 1. The summed E-state index contributed by atoms with van der Waals surface area (Å²) in [6.45, 7) is 5.21. The molecule has 0 bridgehead atoms. The summed E-state index contributed by atoms with van der Waals surface area (Å²) in [6.07, 6.45) is 4.03. The highest BCUT2D eigenvalue weighted by Crippen LogP contribution is 2.16. The fourth-order valence-electron chi connectivity index (χ4n) is 1.69. The third kappa shape index (κ3) is 4.65. The van der Waals surface area contributed by atoms with E-state index in [4.69, 9.17) is 0 Å². The van der Waals surface area contributed by atoms with E-state index in [1.807, 2.05) is 20.8 Å². The van der Waals surface area contributed by atoms with Gasteiger partial charge in [-0.25, -0.2) is 0 Å². The second kappa shape index (κ2) is 6.17. The van der Waals surface area contributed by atoms with Crippen LogP contribution in [-0.2, 0) is 11.2 Å². The summed E-state index contributed by atoms with van der Waals surface area (Å²) in [4.78, 5) is 12.0. The van der Waals surface area contributed by atoms with E-state index < -0.39 is 6.55 Å². The fraction of sp³-hybridized carbons (Fsp3) is 0.643. The molecule has 19 heavy (non-hydrogen) atoms. The molecule has 1 atom stereocenters. The monoisotopic (exact) mass is 272 g/mol. The maximum atomic E-state index is 12.4. The molecular formula is C14H22F2N2O. The Balaban J connectivity index is 2.58. The lowest BCUT2D eigenvalue weighted by atomic mass is 9.98. The van der Waals surface area contributed by atoms with Gasteiger partial charge in [-0.1, -0.05) is 13.8 Å². The molecule has 0 aliphatic heterocycles. The Morgan fingerprint density at radius 2 is 2.11 bits per heavy atom. The van der Waals surface area contributed by atoms with Gasteiger partial charge in [-0.2, -0.15) is 8.78 Å². The molecule has 0 aliphatic carbocycles. The van der Waals surface area contributed by atoms with Gasteiger partial charge in [0.1, 0.15) is 0 Å². The van der Waals surface area contributed by atoms with E-state index >= 15 is 0 Å². The lowest BCUT2D eigenvalue weighted by molar-refractivity contribution is -0.126. The molecule has 3 nitrogen and oxygen atoms in total. The molecule has 1 heterocycles. The average molecular weight is 272 g/mol. The van der Waals surface area contributed by atoms with Gasteiger partial charge in [-0.3, -0.25) is 9.36 Å². The summed E-state index contributed by atoms with van der Waals surface area (Å²) in [5, 5.41) is 2.96. The molecule has 0 radical (unpaired) electrons. The average Bonchev–Trinajstić information content (AvgIpc) is 2.77. The molecule has 1 aromatic heterocycles. The van der Waals surface area contributed by atoms with Crippen LogP contribution in [0.4, 0.5) is 8.78 Å². The highest BCUT2D eigenvalue weighted by atomic mass is 19.3. The third-order valence-electron chi connectivity index (χ3n) is 3.34. The van der Waals surface area contributed by atoms with Crippen molar-refractivity contribution in [2.75, 3.05) is 0 Å². The maximum Gasteiger partial charge on any atom is 0.318 e. The lowest BCUT2D eigenvalue weighted by Gasteiger charge is -2.26. The van der Waals surface area contributed by atoms with Crippen molar-refractivity contribution in [1.82, 2.24) is 9.88 Å². The van der Waals surface area contributed by atoms with Gasteiger partial charge >= 0.3 is 6.55 Å². The van der Waals surface area contributed by atoms with Crippen LogP contribution >= 0.6 is 0 Å². The van der Waals surface area contributed by atoms with Crippen LogP contribution in [0.1, 0.15) is 46.2 Å². The standard InChI is InChI=1S/C14H22F2N2O/c1-5-14(3,4)17-12(19)10(2)8-11-6-7-18(9-11)13(15)16/h6-7,9-10,13H,5,8H2,1-4H3,(H,17,19)/t10-/m1/s1. The summed E-state index contributed by atoms with van der Waals surface area (Å²) in [7, 11) is 0. The van der Waals surface area contributed by atoms with Gasteiger partial charge < -0.3 is 5.32 Å². The number of hydrogen-bond donors (Lipinski definition) is 1. The van der Waals surface area contributed by atoms with Gasteiger partial charge in [-0.15, -0.1) is 0 Å². The Kier molecular flexibility index (Phi) is 5.09. The SMILES string of the molecule is CCC(C)(C)NC(=O)[C@H](C)Cc1ccn(C(F)F)c1. The highest BCUT2D eigenvalue weighted by Gasteiger charge is 2.22. The van der Waals surface area contributed by atoms with Crippen LogP contribution in [0.2, 0.25) is 0 Å². The smallest absolute Gasteiger partial charge is 0.318 e. The van der Waals surface area contributed by atoms with E-state index in [1.165, 1.54) is 12.4 Å². The second-order valence-electron chi connectivity index (χ2n) is 5.58. The van der Waals surface area contributed by atoms with Crippen molar-refractivity contribution in [1.29, 1.82) is 0 Å². The van der Waals surface area contributed by atoms with Crippen molar-refractivity contribution in [2.45, 2.75) is 52.6 Å². The first-order valence-electron chi connectivity index (χ1n) is 6.51. The van der Waals surface area contributed by atoms with Crippen LogP contribution in [0.5, 0.6) is 0 Å². The topological polar surface area (TPSA) is 34.0 Å². The number of nitrogens with one attached hydrogen (secondary N) is 1. The quantitative estimate of drug-likeness (QED) is 0.846. The van der Waals surface area contributed by atoms with Crippen molar-refractivity contribution >= 4 is 5.91 Å². The van der Waals surface area contributed by atoms with Gasteiger partial charge in [0.25, 0.3) is 0 Å². The van der Waals surface area contributed by atoms with E-state index in [9.17, 15) is 13.6 Å². The zero-order valence-electron chi connectivity index (χ0n) is 11.9. The molecule has 0 fully saturated rings. The number of carbonyl (C=O) groups is 1. The Morgan fingerprint density at radius 1 is 1.47 bits per heavy atom. The molecule has 1 N–H and O–H groups in total. The van der Waals surface area contributed by atoms with E-state index in [0.717, 1.165) is 16.6 Å². The van der Waals surface area contributed by atoms with E-state index in [1.54, 1.807) is 13.0 Å². The molecule has 0 unspecified atom stereocenters. The minimum atomic E-state index is -2.53. The van der Waals surface area contributed by atoms with Crippen LogP contribution in [0.3, 0.4) is 0 Å². The molecule has 0 spiro atoms. The Bertz CT molecular complexity index is 427. The van der Waals surface area contributed by atoms with Crippen molar-refractivity contribution < 1.29 is 13.6 Å². The predicted molar refractivity (Wildman–Crippen MR) is 71.1 cm³/mol. The number of alkyl halides is 2. The zero-order valence-corrected chi connectivity index (χ0v) is 11.9. The second-order valence-corrected chi connectivity index (χ2v) is 5.58.